The molecule has 0 fully saturated rings. The van der Waals surface area contributed by atoms with Crippen LogP contribution in [0.25, 0.3) is 0 Å². The zero-order valence-electron chi connectivity index (χ0n) is 5.74. The molecule has 0 N–H and O–H groups in total. The van der Waals surface area contributed by atoms with E-state index in [1.54, 1.807) is 30.5 Å². The van der Waals surface area contributed by atoms with Crippen LogP contribution in [0.2, 0.25) is 0 Å². The summed E-state index contributed by atoms with van der Waals surface area (Å²) in [5.41, 5.74) is 0.759. The second kappa shape index (κ2) is 2.00. The molecule has 0 unspecified atom stereocenters. The molecule has 9 heavy (non-hydrogen) atoms. The molecule has 0 spiro atoms. The molecule has 0 aliphatic carbocycles. The standard InChI is InChI=1S/C4H9N5/c1-5-4-8(2)6-7-9(4)3/h1-3H3. The van der Waals surface area contributed by atoms with E-state index in [0.717, 1.165) is 5.62 Å². The molecular weight excluding hydrogens is 118 g/mol. The number of rotatable bonds is 0. The van der Waals surface area contributed by atoms with Crippen molar-refractivity contribution in [3.05, 3.63) is 5.62 Å². The van der Waals surface area contributed by atoms with Crippen LogP contribution in [0.4, 0.5) is 0 Å². The van der Waals surface area contributed by atoms with Crippen molar-refractivity contribution in [1.29, 1.82) is 0 Å². The van der Waals surface area contributed by atoms with Gasteiger partial charge in [0, 0.05) is 21.1 Å². The molecule has 0 aliphatic rings. The summed E-state index contributed by atoms with van der Waals surface area (Å²) in [5.74, 6) is 0. The van der Waals surface area contributed by atoms with Crippen LogP contribution >= 0.6 is 0 Å². The normalized spacial score (nSPS) is 9.67. The summed E-state index contributed by atoms with van der Waals surface area (Å²) in [6.45, 7) is 0. The molecule has 0 saturated heterocycles. The number of nitrogens with zero attached hydrogens (tertiary/aromatic N) is 5. The maximum atomic E-state index is 3.93. The highest BCUT2D eigenvalue weighted by Crippen LogP contribution is 1.60. The SMILES string of the molecule is CN=c1n(C)nnn1C. The summed E-state index contributed by atoms with van der Waals surface area (Å²) in [6.07, 6.45) is 0. The van der Waals surface area contributed by atoms with Crippen molar-refractivity contribution in [2.45, 2.75) is 0 Å². The van der Waals surface area contributed by atoms with E-state index in [9.17, 15) is 0 Å². The molecule has 5 nitrogen and oxygen atoms in total. The third kappa shape index (κ3) is 0.847. The molecule has 1 heterocycles. The molecule has 0 saturated carbocycles. The summed E-state index contributed by atoms with van der Waals surface area (Å²) in [4.78, 5) is 3.93. The van der Waals surface area contributed by atoms with E-state index in [1.807, 2.05) is 0 Å². The fourth-order valence-corrected chi connectivity index (χ4v) is 0.699. The third-order valence-electron chi connectivity index (χ3n) is 1.09. The zero-order chi connectivity index (χ0) is 6.85. The van der Waals surface area contributed by atoms with Crippen LogP contribution in [0.3, 0.4) is 0 Å². The van der Waals surface area contributed by atoms with Crippen LogP contribution in [0.15, 0.2) is 4.99 Å². The van der Waals surface area contributed by atoms with Gasteiger partial charge in [-0.05, 0) is 10.4 Å². The molecule has 0 amide bonds. The lowest BCUT2D eigenvalue weighted by molar-refractivity contribution is 0.681. The van der Waals surface area contributed by atoms with E-state index in [2.05, 4.69) is 15.4 Å². The second-order valence-electron chi connectivity index (χ2n) is 1.75. The second-order valence-corrected chi connectivity index (χ2v) is 1.75. The van der Waals surface area contributed by atoms with Crippen LogP contribution < -0.4 is 5.62 Å². The van der Waals surface area contributed by atoms with Gasteiger partial charge in [-0.1, -0.05) is 0 Å². The summed E-state index contributed by atoms with van der Waals surface area (Å²) in [5, 5.41) is 7.45. The molecule has 0 radical (unpaired) electrons. The van der Waals surface area contributed by atoms with Gasteiger partial charge in [-0.15, -0.1) is 0 Å². The first kappa shape index (κ1) is 6.00. The highest BCUT2D eigenvalue weighted by Gasteiger charge is 1.90. The lowest BCUT2D eigenvalue weighted by Crippen LogP contribution is -2.22. The van der Waals surface area contributed by atoms with Crippen LogP contribution in [0, 0.1) is 0 Å². The van der Waals surface area contributed by atoms with Crippen molar-refractivity contribution in [3.63, 3.8) is 0 Å². The monoisotopic (exact) mass is 127 g/mol. The minimum absolute atomic E-state index is 0.759. The summed E-state index contributed by atoms with van der Waals surface area (Å²) < 4.78 is 3.22. The average molecular weight is 127 g/mol. The first-order chi connectivity index (χ1) is 4.25. The van der Waals surface area contributed by atoms with Crippen LogP contribution in [0.5, 0.6) is 0 Å². The van der Waals surface area contributed by atoms with E-state index in [4.69, 9.17) is 0 Å². The van der Waals surface area contributed by atoms with E-state index in [1.165, 1.54) is 0 Å². The third-order valence-corrected chi connectivity index (χ3v) is 1.09. The molecule has 1 aromatic rings. The Balaban J connectivity index is 3.42. The lowest BCUT2D eigenvalue weighted by atomic mass is 11.0. The van der Waals surface area contributed by atoms with Gasteiger partial charge in [0.25, 0.3) is 0 Å². The molecule has 0 aromatic carbocycles. The Morgan fingerprint density at radius 3 is 1.89 bits per heavy atom. The predicted molar refractivity (Wildman–Crippen MR) is 31.5 cm³/mol. The number of hydrogen-bond acceptors (Lipinski definition) is 3. The van der Waals surface area contributed by atoms with Gasteiger partial charge in [0.05, 0.1) is 0 Å². The molecule has 50 valence electrons. The average Bonchev–Trinajstić information content (AvgIpc) is 2.12. The first-order valence-corrected chi connectivity index (χ1v) is 2.61. The van der Waals surface area contributed by atoms with Gasteiger partial charge in [-0.25, -0.2) is 9.36 Å². The van der Waals surface area contributed by atoms with Gasteiger partial charge in [0.1, 0.15) is 0 Å². The van der Waals surface area contributed by atoms with Crippen molar-refractivity contribution in [1.82, 2.24) is 19.8 Å². The maximum Gasteiger partial charge on any atom is 0.240 e. The quantitative estimate of drug-likeness (QED) is 0.434. The van der Waals surface area contributed by atoms with Crippen LogP contribution in [-0.4, -0.2) is 26.8 Å². The molecule has 0 aliphatic heterocycles. The minimum Gasteiger partial charge on any atom is -0.253 e. The van der Waals surface area contributed by atoms with Crippen LogP contribution in [-0.2, 0) is 14.1 Å². The van der Waals surface area contributed by atoms with E-state index < -0.39 is 0 Å². The highest BCUT2D eigenvalue weighted by atomic mass is 15.6. The van der Waals surface area contributed by atoms with Crippen molar-refractivity contribution in [3.8, 4) is 0 Å². The Kier molecular flexibility index (Phi) is 1.33. The maximum absolute atomic E-state index is 3.93. The predicted octanol–water partition coefficient (Wildman–Crippen LogP) is -1.32. The minimum atomic E-state index is 0.759. The Morgan fingerprint density at radius 1 is 1.22 bits per heavy atom. The van der Waals surface area contributed by atoms with Gasteiger partial charge >= 0.3 is 0 Å². The molecule has 0 bridgehead atoms. The Morgan fingerprint density at radius 2 is 1.67 bits per heavy atom. The molecular formula is C4H9N5. The number of aromatic nitrogens is 4. The van der Waals surface area contributed by atoms with Crippen molar-refractivity contribution in [2.24, 2.45) is 19.1 Å². The molecule has 1 aromatic heterocycles. The van der Waals surface area contributed by atoms with E-state index in [0.29, 0.717) is 0 Å². The largest absolute Gasteiger partial charge is 0.253 e. The number of hydrogen-bond donors (Lipinski definition) is 0. The van der Waals surface area contributed by atoms with Gasteiger partial charge < -0.3 is 0 Å². The molecule has 5 heteroatoms. The van der Waals surface area contributed by atoms with E-state index >= 15 is 0 Å². The Hall–Kier alpha value is -1.13. The highest BCUT2D eigenvalue weighted by molar-refractivity contribution is 4.48. The summed E-state index contributed by atoms with van der Waals surface area (Å²) in [7, 11) is 5.31. The fraction of sp³-hybridized carbons (Fsp3) is 0.750. The Labute approximate surface area is 52.6 Å². The molecule has 0 atom stereocenters. The number of tetrazole rings is 1. The summed E-state index contributed by atoms with van der Waals surface area (Å²) in [6, 6.07) is 0. The molecule has 1 rings (SSSR count). The Bertz CT molecular complexity index is 232. The number of aryl methyl sites for hydroxylation is 2. The van der Waals surface area contributed by atoms with Crippen molar-refractivity contribution in [2.75, 3.05) is 7.05 Å². The van der Waals surface area contributed by atoms with Crippen molar-refractivity contribution >= 4 is 0 Å². The van der Waals surface area contributed by atoms with Crippen LogP contribution in [0.1, 0.15) is 0 Å². The first-order valence-electron chi connectivity index (χ1n) is 2.61. The van der Waals surface area contributed by atoms with Gasteiger partial charge in [-0.3, -0.25) is 4.99 Å². The summed E-state index contributed by atoms with van der Waals surface area (Å²) >= 11 is 0. The van der Waals surface area contributed by atoms with Crippen molar-refractivity contribution < 1.29 is 0 Å². The van der Waals surface area contributed by atoms with Gasteiger partial charge in [-0.2, -0.15) is 0 Å². The fourth-order valence-electron chi connectivity index (χ4n) is 0.699. The van der Waals surface area contributed by atoms with Gasteiger partial charge in [0.15, 0.2) is 0 Å². The lowest BCUT2D eigenvalue weighted by Gasteiger charge is -1.84. The van der Waals surface area contributed by atoms with Gasteiger partial charge in [0.2, 0.25) is 5.62 Å². The smallest absolute Gasteiger partial charge is 0.240 e. The zero-order valence-corrected chi connectivity index (χ0v) is 5.74. The van der Waals surface area contributed by atoms with E-state index in [-0.39, 0.29) is 0 Å². The topological polar surface area (TPSA) is 48.0 Å².